The fraction of sp³-hybridized carbons (Fsp3) is 0.400. The molecule has 3 nitrogen and oxygen atoms in total. The van der Waals surface area contributed by atoms with Crippen molar-refractivity contribution < 1.29 is 4.39 Å². The van der Waals surface area contributed by atoms with Gasteiger partial charge in [0.05, 0.1) is 10.7 Å². The Bertz CT molecular complexity index is 595. The summed E-state index contributed by atoms with van der Waals surface area (Å²) in [5.41, 5.74) is 2.62. The van der Waals surface area contributed by atoms with Gasteiger partial charge in [-0.25, -0.2) is 4.39 Å². The molecule has 0 radical (unpaired) electrons. The molecule has 1 unspecified atom stereocenters. The normalized spacial score (nSPS) is 12.7. The summed E-state index contributed by atoms with van der Waals surface area (Å²) in [7, 11) is 1.90. The number of likely N-dealkylation sites (N-methyl/N-ethyl adjacent to an activating group) is 1. The van der Waals surface area contributed by atoms with Crippen LogP contribution in [0, 0.1) is 12.7 Å². The molecule has 5 heteroatoms. The summed E-state index contributed by atoms with van der Waals surface area (Å²) in [5, 5.41) is 7.80. The maximum absolute atomic E-state index is 14.2. The Hall–Kier alpha value is -1.39. The summed E-state index contributed by atoms with van der Waals surface area (Å²) in [5.74, 6) is -0.348. The molecule has 0 spiro atoms. The van der Waals surface area contributed by atoms with E-state index >= 15 is 0 Å². The van der Waals surface area contributed by atoms with E-state index in [-0.39, 0.29) is 16.9 Å². The lowest BCUT2D eigenvalue weighted by Gasteiger charge is -2.19. The molecule has 1 heterocycles. The third kappa shape index (κ3) is 3.19. The third-order valence-corrected chi connectivity index (χ3v) is 3.61. The largest absolute Gasteiger partial charge is 0.310 e. The van der Waals surface area contributed by atoms with Gasteiger partial charge in [0.2, 0.25) is 0 Å². The number of rotatable bonds is 5. The van der Waals surface area contributed by atoms with Crippen LogP contribution in [0.25, 0.3) is 0 Å². The molecule has 2 aromatic rings. The molecule has 0 aliphatic carbocycles. The van der Waals surface area contributed by atoms with Crippen LogP contribution in [-0.4, -0.2) is 16.3 Å². The second-order valence-electron chi connectivity index (χ2n) is 4.86. The van der Waals surface area contributed by atoms with Gasteiger partial charge in [-0.05, 0) is 25.6 Å². The van der Waals surface area contributed by atoms with E-state index < -0.39 is 0 Å². The molecular formula is C15H19ClFN3. The first-order valence-corrected chi connectivity index (χ1v) is 7.07. The minimum atomic E-state index is -0.348. The summed E-state index contributed by atoms with van der Waals surface area (Å²) >= 11 is 5.88. The van der Waals surface area contributed by atoms with E-state index in [1.807, 2.05) is 31.6 Å². The first-order valence-electron chi connectivity index (χ1n) is 6.69. The summed E-state index contributed by atoms with van der Waals surface area (Å²) in [6, 6.07) is 7.02. The summed E-state index contributed by atoms with van der Waals surface area (Å²) < 4.78 is 16.0. The van der Waals surface area contributed by atoms with Crippen LogP contribution in [0.5, 0.6) is 0 Å². The lowest BCUT2D eigenvalue weighted by atomic mass is 10.0. The SMILES string of the molecule is CCNC(Cc1cc(C)nn1C)c1cccc(Cl)c1F. The third-order valence-electron chi connectivity index (χ3n) is 3.32. The number of aromatic nitrogens is 2. The zero-order valence-electron chi connectivity index (χ0n) is 12.0. The maximum atomic E-state index is 14.2. The van der Waals surface area contributed by atoms with E-state index in [0.29, 0.717) is 12.0 Å². The predicted molar refractivity (Wildman–Crippen MR) is 79.5 cm³/mol. The fourth-order valence-electron chi connectivity index (χ4n) is 2.39. The van der Waals surface area contributed by atoms with Crippen LogP contribution < -0.4 is 5.32 Å². The molecule has 1 N–H and O–H groups in total. The molecule has 0 bridgehead atoms. The van der Waals surface area contributed by atoms with Gasteiger partial charge in [-0.3, -0.25) is 4.68 Å². The van der Waals surface area contributed by atoms with E-state index in [9.17, 15) is 4.39 Å². The van der Waals surface area contributed by atoms with Crippen molar-refractivity contribution in [2.75, 3.05) is 6.54 Å². The molecule has 1 aromatic carbocycles. The molecule has 2 rings (SSSR count). The molecular weight excluding hydrogens is 277 g/mol. The minimum Gasteiger partial charge on any atom is -0.310 e. The van der Waals surface area contributed by atoms with E-state index in [2.05, 4.69) is 10.4 Å². The second-order valence-corrected chi connectivity index (χ2v) is 5.27. The number of hydrogen-bond acceptors (Lipinski definition) is 2. The highest BCUT2D eigenvalue weighted by atomic mass is 35.5. The molecule has 20 heavy (non-hydrogen) atoms. The highest BCUT2D eigenvalue weighted by Crippen LogP contribution is 2.26. The number of nitrogens with zero attached hydrogens (tertiary/aromatic N) is 2. The van der Waals surface area contributed by atoms with Crippen molar-refractivity contribution >= 4 is 11.6 Å². The van der Waals surface area contributed by atoms with Gasteiger partial charge in [-0.1, -0.05) is 30.7 Å². The van der Waals surface area contributed by atoms with Crippen molar-refractivity contribution in [1.82, 2.24) is 15.1 Å². The molecule has 0 aliphatic heterocycles. The molecule has 0 fully saturated rings. The van der Waals surface area contributed by atoms with Gasteiger partial charge in [-0.2, -0.15) is 5.10 Å². The lowest BCUT2D eigenvalue weighted by Crippen LogP contribution is -2.25. The summed E-state index contributed by atoms with van der Waals surface area (Å²) in [6.45, 7) is 4.71. The Kier molecular flexibility index (Phi) is 4.78. The van der Waals surface area contributed by atoms with Gasteiger partial charge in [0.1, 0.15) is 5.82 Å². The van der Waals surface area contributed by atoms with Crippen LogP contribution in [0.1, 0.15) is 29.9 Å². The average molecular weight is 296 g/mol. The van der Waals surface area contributed by atoms with Crippen molar-refractivity contribution in [2.45, 2.75) is 26.3 Å². The van der Waals surface area contributed by atoms with Crippen LogP contribution in [0.4, 0.5) is 4.39 Å². The molecule has 0 amide bonds. The van der Waals surface area contributed by atoms with E-state index in [0.717, 1.165) is 17.9 Å². The first kappa shape index (κ1) is 15.0. The van der Waals surface area contributed by atoms with Gasteiger partial charge in [0, 0.05) is 30.8 Å². The molecule has 0 saturated heterocycles. The average Bonchev–Trinajstić information content (AvgIpc) is 2.71. The van der Waals surface area contributed by atoms with Gasteiger partial charge in [0.15, 0.2) is 0 Å². The Morgan fingerprint density at radius 1 is 1.45 bits per heavy atom. The Labute approximate surface area is 123 Å². The topological polar surface area (TPSA) is 29.9 Å². The van der Waals surface area contributed by atoms with Gasteiger partial charge < -0.3 is 5.32 Å². The monoisotopic (exact) mass is 295 g/mol. The number of hydrogen-bond donors (Lipinski definition) is 1. The van der Waals surface area contributed by atoms with Crippen molar-refractivity contribution in [3.8, 4) is 0 Å². The Morgan fingerprint density at radius 3 is 2.80 bits per heavy atom. The van der Waals surface area contributed by atoms with Gasteiger partial charge >= 0.3 is 0 Å². The van der Waals surface area contributed by atoms with Crippen molar-refractivity contribution in [2.24, 2.45) is 7.05 Å². The lowest BCUT2D eigenvalue weighted by molar-refractivity contribution is 0.497. The number of halogens is 2. The summed E-state index contributed by atoms with van der Waals surface area (Å²) in [6.07, 6.45) is 0.669. The standard InChI is InChI=1S/C15H19ClFN3/c1-4-18-14(9-11-8-10(2)19-20(11)3)12-6-5-7-13(16)15(12)17/h5-8,14,18H,4,9H2,1-3H3. The fourth-order valence-corrected chi connectivity index (χ4v) is 2.57. The van der Waals surface area contributed by atoms with Gasteiger partial charge in [0.25, 0.3) is 0 Å². The minimum absolute atomic E-state index is 0.117. The molecule has 0 aliphatic rings. The van der Waals surface area contributed by atoms with Crippen molar-refractivity contribution in [1.29, 1.82) is 0 Å². The van der Waals surface area contributed by atoms with Crippen LogP contribution in [0.3, 0.4) is 0 Å². The van der Waals surface area contributed by atoms with E-state index in [4.69, 9.17) is 11.6 Å². The first-order chi connectivity index (χ1) is 9.52. The summed E-state index contributed by atoms with van der Waals surface area (Å²) in [4.78, 5) is 0. The smallest absolute Gasteiger partial charge is 0.146 e. The molecule has 1 aromatic heterocycles. The Morgan fingerprint density at radius 2 is 2.20 bits per heavy atom. The number of aryl methyl sites for hydroxylation is 2. The Balaban J connectivity index is 2.31. The van der Waals surface area contributed by atoms with Crippen LogP contribution >= 0.6 is 11.6 Å². The number of benzene rings is 1. The van der Waals surface area contributed by atoms with Crippen molar-refractivity contribution in [3.63, 3.8) is 0 Å². The van der Waals surface area contributed by atoms with Gasteiger partial charge in [-0.15, -0.1) is 0 Å². The van der Waals surface area contributed by atoms with E-state index in [1.165, 1.54) is 0 Å². The van der Waals surface area contributed by atoms with E-state index in [1.54, 1.807) is 18.2 Å². The molecule has 1 atom stereocenters. The molecule has 108 valence electrons. The quantitative estimate of drug-likeness (QED) is 0.916. The second kappa shape index (κ2) is 6.37. The van der Waals surface area contributed by atoms with Crippen LogP contribution in [-0.2, 0) is 13.5 Å². The predicted octanol–water partition coefficient (Wildman–Crippen LogP) is 3.41. The highest BCUT2D eigenvalue weighted by molar-refractivity contribution is 6.30. The highest BCUT2D eigenvalue weighted by Gasteiger charge is 2.18. The molecule has 0 saturated carbocycles. The zero-order chi connectivity index (χ0) is 14.7. The van der Waals surface area contributed by atoms with Crippen LogP contribution in [0.15, 0.2) is 24.3 Å². The number of nitrogens with one attached hydrogen (secondary N) is 1. The van der Waals surface area contributed by atoms with Crippen LogP contribution in [0.2, 0.25) is 5.02 Å². The zero-order valence-corrected chi connectivity index (χ0v) is 12.7. The van der Waals surface area contributed by atoms with Crippen molar-refractivity contribution in [3.05, 3.63) is 52.1 Å². The maximum Gasteiger partial charge on any atom is 0.146 e.